The van der Waals surface area contributed by atoms with Gasteiger partial charge in [-0.05, 0) is 107 Å². The molecule has 2 bridgehead atoms. The fraction of sp³-hybridized carbons (Fsp3) is 0.372. The molecular weight excluding hydrogens is 721 g/mol. The smallest absolute Gasteiger partial charge is 0.337 e. The van der Waals surface area contributed by atoms with Gasteiger partial charge in [-0.15, -0.1) is 0 Å². The molecular formula is C43H54N6O4Si2. The number of anilines is 6. The predicted molar refractivity (Wildman–Crippen MR) is 228 cm³/mol. The van der Waals surface area contributed by atoms with Gasteiger partial charge in [-0.1, -0.05) is 84.8 Å². The van der Waals surface area contributed by atoms with E-state index >= 15 is 0 Å². The molecule has 55 heavy (non-hydrogen) atoms. The van der Waals surface area contributed by atoms with Crippen molar-refractivity contribution in [3.05, 3.63) is 107 Å². The first-order valence-corrected chi connectivity index (χ1v) is 26.3. The van der Waals surface area contributed by atoms with Crippen LogP contribution in [0.15, 0.2) is 90.5 Å². The number of esters is 2. The Balaban J connectivity index is 1.21. The third kappa shape index (κ3) is 9.25. The third-order valence-electron chi connectivity index (χ3n) is 10.8. The second-order valence-corrected chi connectivity index (χ2v) is 28.8. The topological polar surface area (TPSA) is 127 Å². The van der Waals surface area contributed by atoms with Gasteiger partial charge in [0.1, 0.15) is 0 Å². The molecule has 4 aromatic rings. The van der Waals surface area contributed by atoms with E-state index in [1.165, 1.54) is 24.0 Å². The van der Waals surface area contributed by atoms with E-state index in [2.05, 4.69) is 116 Å². The molecule has 1 aromatic heterocycles. The average molecular weight is 775 g/mol. The fourth-order valence-electron chi connectivity index (χ4n) is 7.18. The van der Waals surface area contributed by atoms with E-state index in [-0.39, 0.29) is 34.7 Å². The van der Waals surface area contributed by atoms with E-state index in [9.17, 15) is 9.59 Å². The lowest BCUT2D eigenvalue weighted by molar-refractivity contribution is 0.0556. The Morgan fingerprint density at radius 3 is 1.42 bits per heavy atom. The quantitative estimate of drug-likeness (QED) is 0.0892. The van der Waals surface area contributed by atoms with Gasteiger partial charge < -0.3 is 25.4 Å². The Bertz CT molecular complexity index is 2010. The molecule has 3 aromatic carbocycles. The SMILES string of the molecule is C=C1/C(=C/c2ccc(Nc3nc(Nc4ccc(C(=O)OC[Si](C)(C)C)cc4)nc(Nc4ccc(C(=O)OC[Si](C)(C)C)cc4)n3)cc2)C2CCC1(C)C2(C)C. The number of hydrogen-bond donors (Lipinski definition) is 3. The molecule has 12 heteroatoms. The predicted octanol–water partition coefficient (Wildman–Crippen LogP) is 10.6. The average Bonchev–Trinajstić information content (AvgIpc) is 3.43. The van der Waals surface area contributed by atoms with E-state index < -0.39 is 16.1 Å². The highest BCUT2D eigenvalue weighted by Crippen LogP contribution is 2.69. The summed E-state index contributed by atoms with van der Waals surface area (Å²) in [5, 5.41) is 9.82. The molecule has 6 rings (SSSR count). The van der Waals surface area contributed by atoms with Gasteiger partial charge in [0.2, 0.25) is 17.8 Å². The minimum absolute atomic E-state index is 0.142. The number of allylic oxidation sites excluding steroid dienone is 2. The number of carbonyl (C=O) groups is 2. The molecule has 0 spiro atoms. The summed E-state index contributed by atoms with van der Waals surface area (Å²) in [6.45, 7) is 24.6. The highest BCUT2D eigenvalue weighted by molar-refractivity contribution is 6.76. The Kier molecular flexibility index (Phi) is 11.0. The Morgan fingerprint density at radius 2 is 1.07 bits per heavy atom. The summed E-state index contributed by atoms with van der Waals surface area (Å²) in [4.78, 5) is 39.2. The second-order valence-electron chi connectivity index (χ2n) is 18.0. The van der Waals surface area contributed by atoms with Crippen LogP contribution in [0.25, 0.3) is 6.08 Å². The van der Waals surface area contributed by atoms with E-state index in [0.29, 0.717) is 46.8 Å². The van der Waals surface area contributed by atoms with Gasteiger partial charge in [0, 0.05) is 17.1 Å². The Hall–Kier alpha value is -5.08. The van der Waals surface area contributed by atoms with Crippen LogP contribution < -0.4 is 16.0 Å². The van der Waals surface area contributed by atoms with Gasteiger partial charge in [0.25, 0.3) is 0 Å². The number of rotatable bonds is 13. The summed E-state index contributed by atoms with van der Waals surface area (Å²) < 4.78 is 11.1. The lowest BCUT2D eigenvalue weighted by atomic mass is 9.69. The van der Waals surface area contributed by atoms with Crippen molar-refractivity contribution in [3.63, 3.8) is 0 Å². The molecule has 1 heterocycles. The molecule has 288 valence electrons. The highest BCUT2D eigenvalue weighted by atomic mass is 28.3. The molecule has 0 amide bonds. The summed E-state index contributed by atoms with van der Waals surface area (Å²) in [5.74, 6) is 0.720. The Morgan fingerprint density at radius 1 is 0.691 bits per heavy atom. The van der Waals surface area contributed by atoms with Crippen LogP contribution in [0.5, 0.6) is 0 Å². The molecule has 2 aliphatic carbocycles. The summed E-state index contributed by atoms with van der Waals surface area (Å²) in [7, 11) is -3.08. The number of hydrogen-bond acceptors (Lipinski definition) is 10. The van der Waals surface area contributed by atoms with Crippen molar-refractivity contribution in [2.24, 2.45) is 16.7 Å². The molecule has 0 radical (unpaired) electrons. The maximum absolute atomic E-state index is 12.6. The zero-order valence-electron chi connectivity index (χ0n) is 33.6. The minimum Gasteiger partial charge on any atom is -0.466 e. The number of nitrogens with one attached hydrogen (secondary N) is 3. The Labute approximate surface area is 327 Å². The number of fused-ring (bicyclic) bond motifs is 2. The normalized spacial score (nSPS) is 19.6. The first kappa shape index (κ1) is 39.6. The van der Waals surface area contributed by atoms with Crippen LogP contribution in [0.3, 0.4) is 0 Å². The number of carbonyl (C=O) groups excluding carboxylic acids is 2. The van der Waals surface area contributed by atoms with Crippen LogP contribution in [-0.4, -0.2) is 55.5 Å². The van der Waals surface area contributed by atoms with E-state index in [1.807, 2.05) is 12.1 Å². The van der Waals surface area contributed by atoms with Gasteiger partial charge in [0.15, 0.2) is 0 Å². The monoisotopic (exact) mass is 774 g/mol. The van der Waals surface area contributed by atoms with E-state index in [4.69, 9.17) is 9.47 Å². The summed E-state index contributed by atoms with van der Waals surface area (Å²) in [5.41, 5.74) is 7.23. The molecule has 0 saturated heterocycles. The molecule has 2 fully saturated rings. The van der Waals surface area contributed by atoms with Crippen molar-refractivity contribution >= 4 is 69.1 Å². The second kappa shape index (κ2) is 15.2. The van der Waals surface area contributed by atoms with Crippen LogP contribution in [0.4, 0.5) is 34.9 Å². The van der Waals surface area contributed by atoms with Gasteiger partial charge >= 0.3 is 11.9 Å². The van der Waals surface area contributed by atoms with E-state index in [1.54, 1.807) is 48.5 Å². The lowest BCUT2D eigenvalue weighted by Crippen LogP contribution is -2.29. The van der Waals surface area contributed by atoms with Crippen molar-refractivity contribution in [2.45, 2.75) is 72.9 Å². The molecule has 3 N–H and O–H groups in total. The number of ether oxygens (including phenoxy) is 2. The molecule has 2 aliphatic rings. The number of benzene rings is 3. The summed E-state index contributed by atoms with van der Waals surface area (Å²) in [6.07, 6.45) is 5.61. The maximum Gasteiger partial charge on any atom is 0.337 e. The first-order valence-electron chi connectivity index (χ1n) is 18.9. The minimum atomic E-state index is -1.54. The van der Waals surface area contributed by atoms with Crippen LogP contribution in [0, 0.1) is 16.7 Å². The standard InChI is InChI=1S/C43H54N6O4Si2/c1-28-35(36-23-24-43(28,4)42(36,2)3)25-29-11-17-32(18-12-29)44-39-47-40(45-33-19-13-30(14-20-33)37(50)52-26-54(5,6)7)49-41(48-39)46-34-21-15-31(16-22-34)38(51)53-27-55(8,9)10/h11-22,25,36H,1,23-24,26-27H2,2-10H3,(H3,44,45,46,47,48,49)/b35-25-. The maximum atomic E-state index is 12.6. The molecule has 0 aliphatic heterocycles. The van der Waals surface area contributed by atoms with Gasteiger partial charge in [0.05, 0.1) is 39.7 Å². The van der Waals surface area contributed by atoms with Crippen molar-refractivity contribution in [2.75, 3.05) is 28.4 Å². The lowest BCUT2D eigenvalue weighted by Gasteiger charge is -2.34. The highest BCUT2D eigenvalue weighted by Gasteiger charge is 2.60. The third-order valence-corrected chi connectivity index (χ3v) is 12.8. The summed E-state index contributed by atoms with van der Waals surface area (Å²) in [6, 6.07) is 22.2. The zero-order valence-corrected chi connectivity index (χ0v) is 35.6. The van der Waals surface area contributed by atoms with Crippen molar-refractivity contribution in [3.8, 4) is 0 Å². The number of nitrogens with zero attached hydrogens (tertiary/aromatic N) is 3. The van der Waals surface area contributed by atoms with Crippen molar-refractivity contribution in [1.29, 1.82) is 0 Å². The van der Waals surface area contributed by atoms with Crippen LogP contribution in [0.2, 0.25) is 39.3 Å². The molecule has 2 saturated carbocycles. The van der Waals surface area contributed by atoms with Gasteiger partial charge in [-0.25, -0.2) is 9.59 Å². The van der Waals surface area contributed by atoms with Crippen LogP contribution >= 0.6 is 0 Å². The van der Waals surface area contributed by atoms with Crippen molar-refractivity contribution in [1.82, 2.24) is 15.0 Å². The van der Waals surface area contributed by atoms with Crippen LogP contribution in [-0.2, 0) is 9.47 Å². The largest absolute Gasteiger partial charge is 0.466 e. The van der Waals surface area contributed by atoms with Crippen LogP contribution in [0.1, 0.15) is 59.9 Å². The van der Waals surface area contributed by atoms with Gasteiger partial charge in [-0.2, -0.15) is 15.0 Å². The summed E-state index contributed by atoms with van der Waals surface area (Å²) >= 11 is 0. The van der Waals surface area contributed by atoms with E-state index in [0.717, 1.165) is 11.3 Å². The molecule has 2 unspecified atom stereocenters. The number of aromatic nitrogens is 3. The van der Waals surface area contributed by atoms with Gasteiger partial charge in [-0.3, -0.25) is 0 Å². The molecule has 10 nitrogen and oxygen atoms in total. The van der Waals surface area contributed by atoms with Crippen molar-refractivity contribution < 1.29 is 19.1 Å². The fourth-order valence-corrected chi connectivity index (χ4v) is 8.31. The molecule has 2 atom stereocenters. The first-order chi connectivity index (χ1) is 25.8. The zero-order chi connectivity index (χ0) is 39.8.